The SMILES string of the molecule is CCOc1cccc(NC(C)=O)c1. The highest BCUT2D eigenvalue weighted by Crippen LogP contribution is 2.16. The summed E-state index contributed by atoms with van der Waals surface area (Å²) in [6.45, 7) is 4.03. The van der Waals surface area contributed by atoms with E-state index in [9.17, 15) is 4.79 Å². The third-order valence-electron chi connectivity index (χ3n) is 1.47. The van der Waals surface area contributed by atoms with E-state index in [1.807, 2.05) is 25.1 Å². The summed E-state index contributed by atoms with van der Waals surface area (Å²) in [4.78, 5) is 10.7. The molecule has 0 radical (unpaired) electrons. The molecule has 0 saturated carbocycles. The Balaban J connectivity index is 2.73. The predicted octanol–water partition coefficient (Wildman–Crippen LogP) is 2.04. The first-order valence-electron chi connectivity index (χ1n) is 4.23. The van der Waals surface area contributed by atoms with Crippen LogP contribution in [0, 0.1) is 0 Å². The van der Waals surface area contributed by atoms with Crippen molar-refractivity contribution in [2.24, 2.45) is 0 Å². The molecular formula is C10H13NO2. The fourth-order valence-electron chi connectivity index (χ4n) is 1.03. The molecule has 0 fully saturated rings. The molecule has 0 aliphatic heterocycles. The second-order valence-electron chi connectivity index (χ2n) is 2.64. The lowest BCUT2D eigenvalue weighted by Crippen LogP contribution is -2.05. The summed E-state index contributed by atoms with van der Waals surface area (Å²) < 4.78 is 5.28. The summed E-state index contributed by atoms with van der Waals surface area (Å²) in [7, 11) is 0. The van der Waals surface area contributed by atoms with Gasteiger partial charge < -0.3 is 10.1 Å². The van der Waals surface area contributed by atoms with E-state index in [0.29, 0.717) is 6.61 Å². The van der Waals surface area contributed by atoms with E-state index >= 15 is 0 Å². The molecule has 0 aromatic heterocycles. The molecule has 0 bridgehead atoms. The minimum atomic E-state index is -0.0753. The van der Waals surface area contributed by atoms with Gasteiger partial charge in [-0.25, -0.2) is 0 Å². The molecule has 0 spiro atoms. The number of ether oxygens (including phenoxy) is 1. The van der Waals surface area contributed by atoms with Gasteiger partial charge in [-0.2, -0.15) is 0 Å². The number of amides is 1. The van der Waals surface area contributed by atoms with Crippen LogP contribution in [0.3, 0.4) is 0 Å². The van der Waals surface area contributed by atoms with Gasteiger partial charge in [0.15, 0.2) is 0 Å². The summed E-state index contributed by atoms with van der Waals surface area (Å²) >= 11 is 0. The zero-order valence-corrected chi connectivity index (χ0v) is 7.83. The van der Waals surface area contributed by atoms with Gasteiger partial charge >= 0.3 is 0 Å². The van der Waals surface area contributed by atoms with Crippen LogP contribution in [-0.2, 0) is 4.79 Å². The molecule has 13 heavy (non-hydrogen) atoms. The number of hydrogen-bond donors (Lipinski definition) is 1. The topological polar surface area (TPSA) is 38.3 Å². The first-order chi connectivity index (χ1) is 6.22. The summed E-state index contributed by atoms with van der Waals surface area (Å²) in [6, 6.07) is 7.32. The largest absolute Gasteiger partial charge is 0.494 e. The molecule has 3 nitrogen and oxygen atoms in total. The van der Waals surface area contributed by atoms with Crippen molar-refractivity contribution in [3.8, 4) is 5.75 Å². The molecule has 0 atom stereocenters. The van der Waals surface area contributed by atoms with Crippen LogP contribution in [0.15, 0.2) is 24.3 Å². The van der Waals surface area contributed by atoms with Crippen LogP contribution in [-0.4, -0.2) is 12.5 Å². The Morgan fingerprint density at radius 2 is 2.31 bits per heavy atom. The summed E-state index contributed by atoms with van der Waals surface area (Å²) in [5.41, 5.74) is 0.762. The van der Waals surface area contributed by atoms with E-state index in [-0.39, 0.29) is 5.91 Å². The molecule has 1 N–H and O–H groups in total. The van der Waals surface area contributed by atoms with Crippen LogP contribution in [0.25, 0.3) is 0 Å². The van der Waals surface area contributed by atoms with Crippen molar-refractivity contribution < 1.29 is 9.53 Å². The Kier molecular flexibility index (Phi) is 3.31. The molecule has 1 aromatic carbocycles. The molecule has 0 heterocycles. The van der Waals surface area contributed by atoms with Crippen molar-refractivity contribution in [2.45, 2.75) is 13.8 Å². The Labute approximate surface area is 77.7 Å². The summed E-state index contributed by atoms with van der Waals surface area (Å²) in [5.74, 6) is 0.697. The quantitative estimate of drug-likeness (QED) is 0.771. The molecule has 0 aliphatic carbocycles. The molecular weight excluding hydrogens is 166 g/mol. The van der Waals surface area contributed by atoms with E-state index < -0.39 is 0 Å². The van der Waals surface area contributed by atoms with Gasteiger partial charge in [0, 0.05) is 18.7 Å². The predicted molar refractivity (Wildman–Crippen MR) is 51.9 cm³/mol. The van der Waals surface area contributed by atoms with Crippen LogP contribution in [0.1, 0.15) is 13.8 Å². The third kappa shape index (κ3) is 3.15. The van der Waals surface area contributed by atoms with Crippen LogP contribution in [0.4, 0.5) is 5.69 Å². The molecule has 0 unspecified atom stereocenters. The minimum Gasteiger partial charge on any atom is -0.494 e. The van der Waals surface area contributed by atoms with Crippen molar-refractivity contribution >= 4 is 11.6 Å². The average molecular weight is 179 g/mol. The second-order valence-corrected chi connectivity index (χ2v) is 2.64. The molecule has 0 aliphatic rings. The summed E-state index contributed by atoms with van der Waals surface area (Å²) in [5, 5.41) is 2.68. The minimum absolute atomic E-state index is 0.0753. The smallest absolute Gasteiger partial charge is 0.221 e. The first kappa shape index (κ1) is 9.58. The second kappa shape index (κ2) is 4.50. The van der Waals surface area contributed by atoms with Gasteiger partial charge in [0.1, 0.15) is 5.75 Å². The Morgan fingerprint density at radius 1 is 1.54 bits per heavy atom. The zero-order chi connectivity index (χ0) is 9.68. The zero-order valence-electron chi connectivity index (χ0n) is 7.83. The van der Waals surface area contributed by atoms with E-state index in [1.165, 1.54) is 6.92 Å². The lowest BCUT2D eigenvalue weighted by molar-refractivity contribution is -0.114. The Hall–Kier alpha value is -1.51. The number of benzene rings is 1. The number of rotatable bonds is 3. The fraction of sp³-hybridized carbons (Fsp3) is 0.300. The van der Waals surface area contributed by atoms with Gasteiger partial charge in [0.2, 0.25) is 5.91 Å². The monoisotopic (exact) mass is 179 g/mol. The van der Waals surface area contributed by atoms with Gasteiger partial charge in [-0.15, -0.1) is 0 Å². The maximum Gasteiger partial charge on any atom is 0.221 e. The molecule has 1 aromatic rings. The standard InChI is InChI=1S/C10H13NO2/c1-3-13-10-6-4-5-9(7-10)11-8(2)12/h4-7H,3H2,1-2H3,(H,11,12). The lowest BCUT2D eigenvalue weighted by Gasteiger charge is -2.05. The van der Waals surface area contributed by atoms with Crippen molar-refractivity contribution in [1.29, 1.82) is 0 Å². The maximum atomic E-state index is 10.7. The van der Waals surface area contributed by atoms with Crippen molar-refractivity contribution in [2.75, 3.05) is 11.9 Å². The lowest BCUT2D eigenvalue weighted by atomic mass is 10.3. The van der Waals surface area contributed by atoms with E-state index in [4.69, 9.17) is 4.74 Å². The highest BCUT2D eigenvalue weighted by atomic mass is 16.5. The van der Waals surface area contributed by atoms with Crippen molar-refractivity contribution in [3.63, 3.8) is 0 Å². The van der Waals surface area contributed by atoms with E-state index in [0.717, 1.165) is 11.4 Å². The van der Waals surface area contributed by atoms with Gasteiger partial charge in [0.05, 0.1) is 6.61 Å². The van der Waals surface area contributed by atoms with Crippen molar-refractivity contribution in [3.05, 3.63) is 24.3 Å². The summed E-state index contributed by atoms with van der Waals surface area (Å²) in [6.07, 6.45) is 0. The van der Waals surface area contributed by atoms with Gasteiger partial charge in [-0.1, -0.05) is 6.07 Å². The number of carbonyl (C=O) groups excluding carboxylic acids is 1. The Bertz CT molecular complexity index is 297. The van der Waals surface area contributed by atoms with E-state index in [2.05, 4.69) is 5.32 Å². The molecule has 0 saturated heterocycles. The molecule has 70 valence electrons. The van der Waals surface area contributed by atoms with Gasteiger partial charge in [-0.3, -0.25) is 4.79 Å². The number of hydrogen-bond acceptors (Lipinski definition) is 2. The van der Waals surface area contributed by atoms with E-state index in [1.54, 1.807) is 6.07 Å². The highest BCUT2D eigenvalue weighted by Gasteiger charge is 1.96. The highest BCUT2D eigenvalue weighted by molar-refractivity contribution is 5.88. The van der Waals surface area contributed by atoms with Crippen LogP contribution >= 0.6 is 0 Å². The molecule has 3 heteroatoms. The van der Waals surface area contributed by atoms with Gasteiger partial charge in [-0.05, 0) is 19.1 Å². The Morgan fingerprint density at radius 3 is 2.92 bits per heavy atom. The fourth-order valence-corrected chi connectivity index (χ4v) is 1.03. The first-order valence-corrected chi connectivity index (χ1v) is 4.23. The maximum absolute atomic E-state index is 10.7. The molecule has 1 rings (SSSR count). The average Bonchev–Trinajstić information content (AvgIpc) is 2.04. The van der Waals surface area contributed by atoms with Crippen LogP contribution in [0.2, 0.25) is 0 Å². The van der Waals surface area contributed by atoms with Crippen molar-refractivity contribution in [1.82, 2.24) is 0 Å². The molecule has 1 amide bonds. The number of carbonyl (C=O) groups is 1. The number of nitrogens with one attached hydrogen (secondary N) is 1. The third-order valence-corrected chi connectivity index (χ3v) is 1.47. The van der Waals surface area contributed by atoms with Crippen LogP contribution < -0.4 is 10.1 Å². The van der Waals surface area contributed by atoms with Gasteiger partial charge in [0.25, 0.3) is 0 Å². The van der Waals surface area contributed by atoms with Crippen LogP contribution in [0.5, 0.6) is 5.75 Å². The normalized spacial score (nSPS) is 9.38. The number of anilines is 1.